The second-order valence-electron chi connectivity index (χ2n) is 10.7. The van der Waals surface area contributed by atoms with E-state index in [1.807, 2.05) is 6.07 Å². The summed E-state index contributed by atoms with van der Waals surface area (Å²) in [5.41, 5.74) is -4.14. The monoisotopic (exact) mass is 537 g/mol. The Morgan fingerprint density at radius 2 is 1.84 bits per heavy atom. The normalized spacial score (nSPS) is 31.1. The van der Waals surface area contributed by atoms with Gasteiger partial charge in [0.05, 0.1) is 12.2 Å². The quantitative estimate of drug-likeness (QED) is 0.215. The summed E-state index contributed by atoms with van der Waals surface area (Å²) in [5, 5.41) is 11.8. The first kappa shape index (κ1) is 26.0. The van der Waals surface area contributed by atoms with Crippen molar-refractivity contribution in [3.05, 3.63) is 70.3 Å². The predicted molar refractivity (Wildman–Crippen MR) is 128 cm³/mol. The maximum Gasteiger partial charge on any atom is 0.534 e. The second kappa shape index (κ2) is 8.98. The summed E-state index contributed by atoms with van der Waals surface area (Å²) in [6.07, 6.45) is 3.88. The molecule has 5 rings (SSSR count). The van der Waals surface area contributed by atoms with Crippen LogP contribution in [0, 0.1) is 36.1 Å². The number of benzene rings is 2. The fraction of sp³-hybridized carbons (Fsp3) is 0.519. The van der Waals surface area contributed by atoms with Crippen LogP contribution in [0.25, 0.3) is 4.85 Å². The molecule has 10 heteroatoms. The fourth-order valence-electron chi connectivity index (χ4n) is 7.41. The van der Waals surface area contributed by atoms with Crippen LogP contribution in [0.3, 0.4) is 0 Å². The number of nitrogens with zero attached hydrogens (tertiary/aromatic N) is 1. The topological polar surface area (TPSA) is 68.0 Å². The Balaban J connectivity index is 1.34. The molecule has 3 aliphatic carbocycles. The number of aliphatic hydroxyl groups is 1. The minimum Gasteiger partial charge on any atom is -0.389 e. The van der Waals surface area contributed by atoms with Gasteiger partial charge in [0, 0.05) is 6.42 Å². The minimum absolute atomic E-state index is 0.0178. The molecule has 1 N–H and O–H groups in total. The lowest BCUT2D eigenvalue weighted by atomic mass is 9.56. The first-order valence-corrected chi connectivity index (χ1v) is 13.8. The molecule has 0 heterocycles. The van der Waals surface area contributed by atoms with Gasteiger partial charge in [-0.1, -0.05) is 31.2 Å². The molecule has 2 aromatic rings. The van der Waals surface area contributed by atoms with Gasteiger partial charge in [-0.15, -0.1) is 0 Å². The molecule has 5 unspecified atom stereocenters. The third-order valence-electron chi connectivity index (χ3n) is 8.73. The van der Waals surface area contributed by atoms with Crippen LogP contribution in [0.4, 0.5) is 23.2 Å². The van der Waals surface area contributed by atoms with Crippen molar-refractivity contribution < 1.29 is 35.3 Å². The lowest BCUT2D eigenvalue weighted by molar-refractivity contribution is -0.0604. The minimum atomic E-state index is -5.75. The molecule has 3 aliphatic rings. The van der Waals surface area contributed by atoms with Crippen molar-refractivity contribution in [2.45, 2.75) is 62.5 Å². The van der Waals surface area contributed by atoms with Crippen molar-refractivity contribution in [3.8, 4) is 5.75 Å². The van der Waals surface area contributed by atoms with Crippen LogP contribution in [0.2, 0.25) is 0 Å². The van der Waals surface area contributed by atoms with Gasteiger partial charge in [-0.3, -0.25) is 0 Å². The van der Waals surface area contributed by atoms with E-state index in [2.05, 4.69) is 16.0 Å². The van der Waals surface area contributed by atoms with Gasteiger partial charge in [0.2, 0.25) is 5.69 Å². The first-order valence-electron chi connectivity index (χ1n) is 12.4. The van der Waals surface area contributed by atoms with Gasteiger partial charge >= 0.3 is 15.6 Å². The molecule has 5 nitrogen and oxygen atoms in total. The zero-order valence-corrected chi connectivity index (χ0v) is 20.9. The van der Waals surface area contributed by atoms with Gasteiger partial charge in [0.25, 0.3) is 0 Å². The lowest BCUT2D eigenvalue weighted by Crippen LogP contribution is -2.47. The molecule has 0 amide bonds. The van der Waals surface area contributed by atoms with Crippen molar-refractivity contribution in [2.75, 3.05) is 0 Å². The van der Waals surface area contributed by atoms with Crippen LogP contribution >= 0.6 is 0 Å². The highest BCUT2D eigenvalue weighted by Gasteiger charge is 2.56. The van der Waals surface area contributed by atoms with Crippen LogP contribution < -0.4 is 4.18 Å². The Bertz CT molecular complexity index is 1350. The van der Waals surface area contributed by atoms with Gasteiger partial charge in [0.15, 0.2) is 0 Å². The smallest absolute Gasteiger partial charge is 0.389 e. The van der Waals surface area contributed by atoms with E-state index < -0.39 is 32.8 Å². The van der Waals surface area contributed by atoms with Gasteiger partial charge in [0.1, 0.15) is 11.6 Å². The Morgan fingerprint density at radius 3 is 2.49 bits per heavy atom. The van der Waals surface area contributed by atoms with Crippen molar-refractivity contribution in [3.63, 3.8) is 0 Å². The molecule has 2 saturated carbocycles. The fourth-order valence-corrected chi connectivity index (χ4v) is 7.86. The van der Waals surface area contributed by atoms with Gasteiger partial charge in [-0.05, 0) is 90.5 Å². The molecular formula is C27H27F4NO4S. The molecule has 198 valence electrons. The highest BCUT2D eigenvalue weighted by molar-refractivity contribution is 7.88. The molecule has 0 bridgehead atoms. The number of rotatable bonds is 4. The molecule has 2 fully saturated rings. The molecule has 0 radical (unpaired) electrons. The van der Waals surface area contributed by atoms with Crippen LogP contribution in [0.1, 0.15) is 55.2 Å². The Morgan fingerprint density at radius 1 is 1.14 bits per heavy atom. The van der Waals surface area contributed by atoms with E-state index in [1.54, 1.807) is 6.07 Å². The number of alkyl halides is 3. The standard InChI is InChI=1S/C27H27F4NO4S/c1-15-13-22-18(7-8-21-19(22)9-10-23(32-2)25(21)28)20-11-12-26(33,24(15)20)14-16-3-5-17(6-4-16)36-37(34,35)27(29,30)31/h3-6,9-10,15,18,20,22,24,33H,7-8,11-14H2,1H3/t15?,18?,20?,22?,24?,26-/m1/s1. The largest absolute Gasteiger partial charge is 0.534 e. The molecule has 0 aliphatic heterocycles. The van der Waals surface area contributed by atoms with Crippen molar-refractivity contribution in [2.24, 2.45) is 23.7 Å². The van der Waals surface area contributed by atoms with Crippen LogP contribution in [0.15, 0.2) is 36.4 Å². The molecule has 2 aromatic carbocycles. The Labute approximate surface area is 213 Å². The van der Waals surface area contributed by atoms with Crippen LogP contribution in [-0.4, -0.2) is 24.6 Å². The van der Waals surface area contributed by atoms with Crippen LogP contribution in [-0.2, 0) is 23.0 Å². The van der Waals surface area contributed by atoms with Crippen molar-refractivity contribution in [1.82, 2.24) is 0 Å². The maximum absolute atomic E-state index is 14.9. The summed E-state index contributed by atoms with van der Waals surface area (Å²) >= 11 is 0. The highest BCUT2D eigenvalue weighted by Crippen LogP contribution is 2.60. The number of fused-ring (bicyclic) bond motifs is 5. The van der Waals surface area contributed by atoms with Gasteiger partial charge in [-0.25, -0.2) is 9.24 Å². The number of hydrogen-bond acceptors (Lipinski definition) is 4. The zero-order chi connectivity index (χ0) is 26.8. The summed E-state index contributed by atoms with van der Waals surface area (Å²) in [6.45, 7) is 9.31. The summed E-state index contributed by atoms with van der Waals surface area (Å²) in [4.78, 5) is 3.30. The first-order chi connectivity index (χ1) is 17.3. The maximum atomic E-state index is 14.9. The molecular weight excluding hydrogens is 510 g/mol. The summed E-state index contributed by atoms with van der Waals surface area (Å²) in [5.74, 6) is 0.0832. The third-order valence-corrected chi connectivity index (χ3v) is 9.71. The Hall–Kier alpha value is -2.64. The average molecular weight is 538 g/mol. The molecule has 0 saturated heterocycles. The molecule has 6 atom stereocenters. The van der Waals surface area contributed by atoms with Crippen LogP contribution in [0.5, 0.6) is 5.75 Å². The average Bonchev–Trinajstić information content (AvgIpc) is 3.17. The summed E-state index contributed by atoms with van der Waals surface area (Å²) in [7, 11) is -5.75. The molecule has 37 heavy (non-hydrogen) atoms. The van der Waals surface area contributed by atoms with E-state index in [0.717, 1.165) is 24.8 Å². The van der Waals surface area contributed by atoms with E-state index in [0.29, 0.717) is 36.3 Å². The van der Waals surface area contributed by atoms with E-state index in [-0.39, 0.29) is 29.4 Å². The van der Waals surface area contributed by atoms with E-state index in [9.17, 15) is 31.1 Å². The van der Waals surface area contributed by atoms with Crippen molar-refractivity contribution in [1.29, 1.82) is 0 Å². The number of hydrogen-bond donors (Lipinski definition) is 1. The van der Waals surface area contributed by atoms with Gasteiger partial charge in [-0.2, -0.15) is 21.6 Å². The van der Waals surface area contributed by atoms with E-state index in [1.165, 1.54) is 24.3 Å². The SMILES string of the molecule is [C-]#[N+]c1ccc2c(c1F)CCC1C2CC(C)C2C1CC[C@@]2(O)Cc1ccc(OS(=O)(=O)C(F)(F)F)cc1. The zero-order valence-electron chi connectivity index (χ0n) is 20.1. The summed E-state index contributed by atoms with van der Waals surface area (Å²) in [6, 6.07) is 8.77. The second-order valence-corrected chi connectivity index (χ2v) is 12.3. The molecule has 0 aromatic heterocycles. The van der Waals surface area contributed by atoms with E-state index >= 15 is 0 Å². The molecule has 0 spiro atoms. The number of halogens is 4. The van der Waals surface area contributed by atoms with Gasteiger partial charge < -0.3 is 9.29 Å². The summed E-state index contributed by atoms with van der Waals surface area (Å²) < 4.78 is 79.3. The predicted octanol–water partition coefficient (Wildman–Crippen LogP) is 6.29. The Kier molecular flexibility index (Phi) is 6.31. The van der Waals surface area contributed by atoms with Crippen molar-refractivity contribution >= 4 is 15.8 Å². The van der Waals surface area contributed by atoms with E-state index in [4.69, 9.17) is 6.57 Å². The third kappa shape index (κ3) is 4.40. The highest BCUT2D eigenvalue weighted by atomic mass is 32.2. The lowest BCUT2D eigenvalue weighted by Gasteiger charge is -2.50.